The van der Waals surface area contributed by atoms with Crippen LogP contribution in [-0.4, -0.2) is 46.8 Å². The molecule has 2 aromatic carbocycles. The smallest absolute Gasteiger partial charge is 0.278 e. The molecule has 1 amide bonds. The summed E-state index contributed by atoms with van der Waals surface area (Å²) < 4.78 is 15.7. The lowest BCUT2D eigenvalue weighted by molar-refractivity contribution is 0.0737. The van der Waals surface area contributed by atoms with Gasteiger partial charge in [0.15, 0.2) is 5.69 Å². The molecule has 1 aliphatic heterocycles. The van der Waals surface area contributed by atoms with E-state index in [0.29, 0.717) is 43.8 Å². The van der Waals surface area contributed by atoms with Gasteiger partial charge in [-0.3, -0.25) is 14.3 Å². The van der Waals surface area contributed by atoms with Crippen molar-refractivity contribution < 1.29 is 9.18 Å². The molecule has 3 aromatic rings. The molecular formula is C21H21FN4O2. The van der Waals surface area contributed by atoms with E-state index < -0.39 is 0 Å². The molecule has 0 spiro atoms. The van der Waals surface area contributed by atoms with E-state index in [0.717, 1.165) is 5.52 Å². The van der Waals surface area contributed by atoms with E-state index in [1.165, 1.54) is 6.07 Å². The molecule has 4 rings (SSSR count). The molecule has 0 bridgehead atoms. The fourth-order valence-corrected chi connectivity index (χ4v) is 3.63. The average molecular weight is 380 g/mol. The van der Waals surface area contributed by atoms with E-state index in [2.05, 4.69) is 5.10 Å². The van der Waals surface area contributed by atoms with Crippen LogP contribution >= 0.6 is 0 Å². The van der Waals surface area contributed by atoms with E-state index in [4.69, 9.17) is 0 Å². The van der Waals surface area contributed by atoms with Gasteiger partial charge in [-0.2, -0.15) is 5.10 Å². The van der Waals surface area contributed by atoms with E-state index in [1.54, 1.807) is 39.9 Å². The van der Waals surface area contributed by atoms with Crippen LogP contribution in [-0.2, 0) is 6.54 Å². The van der Waals surface area contributed by atoms with Gasteiger partial charge in [-0.15, -0.1) is 0 Å². The molecule has 0 saturated carbocycles. The predicted molar refractivity (Wildman–Crippen MR) is 106 cm³/mol. The molecule has 6 nitrogen and oxygen atoms in total. The Bertz CT molecular complexity index is 1090. The monoisotopic (exact) mass is 380 g/mol. The normalized spacial score (nSPS) is 14.5. The Morgan fingerprint density at radius 1 is 1.04 bits per heavy atom. The molecule has 0 N–H and O–H groups in total. The molecule has 28 heavy (non-hydrogen) atoms. The highest BCUT2D eigenvalue weighted by atomic mass is 19.1. The van der Waals surface area contributed by atoms with Gasteiger partial charge in [-0.1, -0.05) is 24.3 Å². The van der Waals surface area contributed by atoms with Gasteiger partial charge >= 0.3 is 0 Å². The topological polar surface area (TPSA) is 58.4 Å². The first kappa shape index (κ1) is 18.2. The van der Waals surface area contributed by atoms with Crippen molar-refractivity contribution in [1.82, 2.24) is 14.7 Å². The van der Waals surface area contributed by atoms with Gasteiger partial charge in [0.25, 0.3) is 5.91 Å². The minimum absolute atomic E-state index is 0.0557. The number of carbonyl (C=O) groups is 1. The van der Waals surface area contributed by atoms with Crippen LogP contribution in [0.15, 0.2) is 53.3 Å². The highest BCUT2D eigenvalue weighted by Crippen LogP contribution is 2.20. The van der Waals surface area contributed by atoms with Crippen molar-refractivity contribution in [3.05, 3.63) is 70.3 Å². The molecule has 0 atom stereocenters. The molecule has 1 aromatic heterocycles. The van der Waals surface area contributed by atoms with Crippen LogP contribution in [0.25, 0.3) is 10.9 Å². The van der Waals surface area contributed by atoms with Crippen molar-refractivity contribution in [2.24, 2.45) is 0 Å². The number of piperazine rings is 1. The summed E-state index contributed by atoms with van der Waals surface area (Å²) in [5, 5.41) is 4.82. The second-order valence-electron chi connectivity index (χ2n) is 6.74. The van der Waals surface area contributed by atoms with Gasteiger partial charge in [0, 0.05) is 38.1 Å². The third-order valence-corrected chi connectivity index (χ3v) is 5.12. The summed E-state index contributed by atoms with van der Waals surface area (Å²) in [6.45, 7) is 4.30. The summed E-state index contributed by atoms with van der Waals surface area (Å²) >= 11 is 0. The Balaban J connectivity index is 1.59. The first-order valence-electron chi connectivity index (χ1n) is 9.38. The molecule has 7 heteroatoms. The zero-order chi connectivity index (χ0) is 19.7. The summed E-state index contributed by atoms with van der Waals surface area (Å²) in [5.41, 5.74) is 0.851. The largest absolute Gasteiger partial charge is 0.366 e. The number of aryl methyl sites for hydroxylation is 1. The molecule has 1 saturated heterocycles. The second kappa shape index (κ2) is 7.42. The number of anilines is 1. The average Bonchev–Trinajstić information content (AvgIpc) is 2.74. The number of para-hydroxylation sites is 2. The maximum absolute atomic E-state index is 14.0. The van der Waals surface area contributed by atoms with Crippen LogP contribution in [0.5, 0.6) is 0 Å². The number of hydrogen-bond acceptors (Lipinski definition) is 4. The van der Waals surface area contributed by atoms with Gasteiger partial charge in [-0.05, 0) is 31.2 Å². The second-order valence-corrected chi connectivity index (χ2v) is 6.74. The van der Waals surface area contributed by atoms with Crippen LogP contribution < -0.4 is 10.3 Å². The van der Waals surface area contributed by atoms with E-state index in [9.17, 15) is 14.0 Å². The van der Waals surface area contributed by atoms with Crippen molar-refractivity contribution >= 4 is 22.5 Å². The SMILES string of the molecule is CCn1nc(C(=O)N2CCN(c3ccccc3F)CC2)c(=O)c2ccccc21. The van der Waals surface area contributed by atoms with Crippen LogP contribution in [0.4, 0.5) is 10.1 Å². The summed E-state index contributed by atoms with van der Waals surface area (Å²) in [6, 6.07) is 13.8. The number of amides is 1. The van der Waals surface area contributed by atoms with Crippen LogP contribution in [0.1, 0.15) is 17.4 Å². The van der Waals surface area contributed by atoms with Gasteiger partial charge in [0.05, 0.1) is 11.2 Å². The number of fused-ring (bicyclic) bond motifs is 1. The first-order valence-corrected chi connectivity index (χ1v) is 9.38. The Kier molecular flexibility index (Phi) is 4.81. The Morgan fingerprint density at radius 3 is 2.43 bits per heavy atom. The molecule has 0 radical (unpaired) electrons. The summed E-state index contributed by atoms with van der Waals surface area (Å²) in [5.74, 6) is -0.643. The van der Waals surface area contributed by atoms with E-state index in [1.807, 2.05) is 24.0 Å². The lowest BCUT2D eigenvalue weighted by Crippen LogP contribution is -2.50. The maximum Gasteiger partial charge on any atom is 0.278 e. The molecule has 0 aliphatic carbocycles. The summed E-state index contributed by atoms with van der Waals surface area (Å²) in [4.78, 5) is 29.4. The number of rotatable bonds is 3. The van der Waals surface area contributed by atoms with Crippen LogP contribution in [0, 0.1) is 5.82 Å². The number of halogens is 1. The Morgan fingerprint density at radius 2 is 1.71 bits per heavy atom. The molecule has 0 unspecified atom stereocenters. The van der Waals surface area contributed by atoms with Crippen LogP contribution in [0.3, 0.4) is 0 Å². The molecule has 1 aliphatic rings. The molecule has 2 heterocycles. The fourth-order valence-electron chi connectivity index (χ4n) is 3.63. The van der Waals surface area contributed by atoms with Crippen molar-refractivity contribution in [3.63, 3.8) is 0 Å². The van der Waals surface area contributed by atoms with Crippen molar-refractivity contribution in [2.45, 2.75) is 13.5 Å². The van der Waals surface area contributed by atoms with Crippen molar-refractivity contribution in [2.75, 3.05) is 31.1 Å². The predicted octanol–water partition coefficient (Wildman–Crippen LogP) is 2.52. The van der Waals surface area contributed by atoms with Gasteiger partial charge in [0.2, 0.25) is 5.43 Å². The number of nitrogens with zero attached hydrogens (tertiary/aromatic N) is 4. The lowest BCUT2D eigenvalue weighted by atomic mass is 10.1. The highest BCUT2D eigenvalue weighted by molar-refractivity contribution is 5.95. The van der Waals surface area contributed by atoms with E-state index in [-0.39, 0.29) is 22.8 Å². The third kappa shape index (κ3) is 3.13. The fraction of sp³-hybridized carbons (Fsp3) is 0.286. The summed E-state index contributed by atoms with van der Waals surface area (Å²) in [6.07, 6.45) is 0. The molecule has 144 valence electrons. The number of carbonyl (C=O) groups excluding carboxylic acids is 1. The lowest BCUT2D eigenvalue weighted by Gasteiger charge is -2.36. The number of benzene rings is 2. The van der Waals surface area contributed by atoms with Crippen LogP contribution in [0.2, 0.25) is 0 Å². The van der Waals surface area contributed by atoms with Gasteiger partial charge < -0.3 is 9.80 Å². The van der Waals surface area contributed by atoms with Crippen molar-refractivity contribution in [1.29, 1.82) is 0 Å². The first-order chi connectivity index (χ1) is 13.6. The molecular weight excluding hydrogens is 359 g/mol. The number of aromatic nitrogens is 2. The third-order valence-electron chi connectivity index (χ3n) is 5.12. The quantitative estimate of drug-likeness (QED) is 0.701. The van der Waals surface area contributed by atoms with Crippen molar-refractivity contribution in [3.8, 4) is 0 Å². The van der Waals surface area contributed by atoms with E-state index >= 15 is 0 Å². The highest BCUT2D eigenvalue weighted by Gasteiger charge is 2.27. The minimum atomic E-state index is -0.369. The zero-order valence-electron chi connectivity index (χ0n) is 15.6. The summed E-state index contributed by atoms with van der Waals surface area (Å²) in [7, 11) is 0. The number of hydrogen-bond donors (Lipinski definition) is 0. The Hall–Kier alpha value is -3.22. The maximum atomic E-state index is 14.0. The Labute approximate surface area is 161 Å². The minimum Gasteiger partial charge on any atom is -0.366 e. The standard InChI is InChI=1S/C21H21FN4O2/c1-2-26-17-9-5-3-7-15(17)20(27)19(23-26)21(28)25-13-11-24(12-14-25)18-10-6-4-8-16(18)22/h3-10H,2,11-14H2,1H3. The molecule has 1 fully saturated rings. The van der Waals surface area contributed by atoms with Gasteiger partial charge in [-0.25, -0.2) is 4.39 Å². The van der Waals surface area contributed by atoms with Gasteiger partial charge in [0.1, 0.15) is 5.82 Å². The zero-order valence-corrected chi connectivity index (χ0v) is 15.6.